The van der Waals surface area contributed by atoms with Crippen LogP contribution < -0.4 is 15.4 Å². The third-order valence-electron chi connectivity index (χ3n) is 6.89. The highest BCUT2D eigenvalue weighted by Gasteiger charge is 2.38. The van der Waals surface area contributed by atoms with Crippen LogP contribution in [0.25, 0.3) is 0 Å². The van der Waals surface area contributed by atoms with Crippen LogP contribution in [0.15, 0.2) is 12.1 Å². The molecule has 1 aromatic heterocycles. The molecule has 1 aliphatic heterocycles. The lowest BCUT2D eigenvalue weighted by Gasteiger charge is -2.36. The summed E-state index contributed by atoms with van der Waals surface area (Å²) < 4.78 is 5.09. The zero-order valence-corrected chi connectivity index (χ0v) is 18.9. The number of hydrogen-bond donors (Lipinski definition) is 3. The van der Waals surface area contributed by atoms with Crippen molar-refractivity contribution in [2.75, 3.05) is 12.4 Å². The van der Waals surface area contributed by atoms with Gasteiger partial charge in [0.25, 0.3) is 5.91 Å². The molecule has 4 rings (SSSR count). The van der Waals surface area contributed by atoms with E-state index in [1.54, 1.807) is 11.3 Å². The van der Waals surface area contributed by atoms with Crippen LogP contribution in [0.4, 0.5) is 10.7 Å². The number of thiophene rings is 1. The summed E-state index contributed by atoms with van der Waals surface area (Å²) in [6, 6.07) is 2.76. The number of fused-ring (bicyclic) bond motifs is 3. The second kappa shape index (κ2) is 7.71. The fourth-order valence-corrected chi connectivity index (χ4v) is 5.85. The van der Waals surface area contributed by atoms with Gasteiger partial charge in [-0.25, -0.2) is 0 Å². The van der Waals surface area contributed by atoms with Crippen molar-refractivity contribution in [1.29, 1.82) is 0 Å². The lowest BCUT2D eigenvalue weighted by Crippen LogP contribution is -2.38. The summed E-state index contributed by atoms with van der Waals surface area (Å²) in [5.74, 6) is -0.150. The Balaban J connectivity index is 1.67. The van der Waals surface area contributed by atoms with E-state index in [0.717, 1.165) is 36.2 Å². The molecule has 0 saturated heterocycles. The van der Waals surface area contributed by atoms with Crippen LogP contribution in [-0.4, -0.2) is 23.0 Å². The fourth-order valence-electron chi connectivity index (χ4n) is 4.50. The number of ether oxygens (including phenoxy) is 1. The highest BCUT2D eigenvalue weighted by Crippen LogP contribution is 2.47. The van der Waals surface area contributed by atoms with E-state index in [1.807, 2.05) is 0 Å². The summed E-state index contributed by atoms with van der Waals surface area (Å²) >= 11 is 1.61. The largest absolute Gasteiger partial charge is 0.500 e. The standard InChI is InChI=1S/C22H27N3O5S/c1-5-22(2,3)12-6-7-13-16(10-12)31-21-17(13)20(27)23-19(24-21)11-8-14(25(28)29)18(26)15(9-11)30-4/h8-9,12,19,24,26H,5-7,10H2,1-4H3,(H,23,27)/t12-,19-/m0/s1. The Bertz CT molecular complexity index is 1060. The summed E-state index contributed by atoms with van der Waals surface area (Å²) in [5, 5.41) is 28.4. The Morgan fingerprint density at radius 2 is 2.10 bits per heavy atom. The number of amides is 1. The molecule has 2 aliphatic rings. The van der Waals surface area contributed by atoms with Crippen LogP contribution >= 0.6 is 11.3 Å². The Labute approximate surface area is 184 Å². The number of nitrogens with one attached hydrogen (secondary N) is 2. The quantitative estimate of drug-likeness (QED) is 0.451. The molecule has 1 aromatic carbocycles. The zero-order valence-electron chi connectivity index (χ0n) is 18.1. The summed E-state index contributed by atoms with van der Waals surface area (Å²) in [5.41, 5.74) is 2.05. The van der Waals surface area contributed by atoms with E-state index in [1.165, 1.54) is 24.1 Å². The maximum absolute atomic E-state index is 13.0. The molecule has 9 heteroatoms. The Morgan fingerprint density at radius 1 is 1.35 bits per heavy atom. The van der Waals surface area contributed by atoms with Gasteiger partial charge >= 0.3 is 5.69 Å². The first-order chi connectivity index (χ1) is 14.7. The highest BCUT2D eigenvalue weighted by atomic mass is 32.1. The predicted molar refractivity (Wildman–Crippen MR) is 119 cm³/mol. The molecule has 0 radical (unpaired) electrons. The van der Waals surface area contributed by atoms with Gasteiger partial charge in [0, 0.05) is 16.5 Å². The number of anilines is 1. The third-order valence-corrected chi connectivity index (χ3v) is 8.07. The molecule has 166 valence electrons. The molecule has 1 amide bonds. The van der Waals surface area contributed by atoms with Crippen molar-refractivity contribution >= 4 is 27.9 Å². The predicted octanol–water partition coefficient (Wildman–Crippen LogP) is 4.77. The number of carbonyl (C=O) groups is 1. The van der Waals surface area contributed by atoms with Crippen molar-refractivity contribution in [3.63, 3.8) is 0 Å². The maximum atomic E-state index is 13.0. The van der Waals surface area contributed by atoms with Gasteiger partial charge in [-0.2, -0.15) is 0 Å². The van der Waals surface area contributed by atoms with Crippen molar-refractivity contribution in [2.24, 2.45) is 11.3 Å². The number of aromatic hydroxyl groups is 1. The number of nitro groups is 1. The molecule has 3 N–H and O–H groups in total. The molecule has 2 aromatic rings. The molecule has 0 saturated carbocycles. The number of phenols is 1. The molecule has 0 fully saturated rings. The number of rotatable bonds is 5. The number of nitro benzene ring substituents is 1. The number of carbonyl (C=O) groups excluding carboxylic acids is 1. The van der Waals surface area contributed by atoms with Crippen molar-refractivity contribution in [3.05, 3.63) is 43.8 Å². The second-order valence-electron chi connectivity index (χ2n) is 8.89. The highest BCUT2D eigenvalue weighted by molar-refractivity contribution is 7.16. The number of methoxy groups -OCH3 is 1. The minimum absolute atomic E-state index is 0.0128. The first-order valence-corrected chi connectivity index (χ1v) is 11.2. The number of hydrogen-bond acceptors (Lipinski definition) is 7. The van der Waals surface area contributed by atoms with E-state index in [9.17, 15) is 20.0 Å². The van der Waals surface area contributed by atoms with Crippen LogP contribution in [0.2, 0.25) is 0 Å². The van der Waals surface area contributed by atoms with Gasteiger partial charge in [0.1, 0.15) is 11.2 Å². The van der Waals surface area contributed by atoms with Crippen LogP contribution in [0, 0.1) is 21.4 Å². The maximum Gasteiger partial charge on any atom is 0.315 e. The Morgan fingerprint density at radius 3 is 2.74 bits per heavy atom. The molecule has 2 atom stereocenters. The Kier molecular flexibility index (Phi) is 5.33. The molecule has 31 heavy (non-hydrogen) atoms. The van der Waals surface area contributed by atoms with Gasteiger partial charge < -0.3 is 20.5 Å². The van der Waals surface area contributed by atoms with E-state index in [4.69, 9.17) is 4.74 Å². The van der Waals surface area contributed by atoms with Gasteiger partial charge in [-0.3, -0.25) is 14.9 Å². The van der Waals surface area contributed by atoms with Crippen LogP contribution in [0.5, 0.6) is 11.5 Å². The Hall–Kier alpha value is -2.81. The van der Waals surface area contributed by atoms with Crippen molar-refractivity contribution in [1.82, 2.24) is 5.32 Å². The average molecular weight is 446 g/mol. The van der Waals surface area contributed by atoms with E-state index in [-0.39, 0.29) is 17.1 Å². The number of phenolic OH excluding ortho intramolecular Hbond substituents is 1. The summed E-state index contributed by atoms with van der Waals surface area (Å²) in [6.45, 7) is 6.84. The van der Waals surface area contributed by atoms with Gasteiger partial charge in [-0.05, 0) is 42.2 Å². The summed E-state index contributed by atoms with van der Waals surface area (Å²) in [6.07, 6.45) is 3.37. The van der Waals surface area contributed by atoms with E-state index < -0.39 is 22.5 Å². The first-order valence-electron chi connectivity index (χ1n) is 10.4. The smallest absolute Gasteiger partial charge is 0.315 e. The van der Waals surface area contributed by atoms with Crippen molar-refractivity contribution in [3.8, 4) is 11.5 Å². The lowest BCUT2D eigenvalue weighted by molar-refractivity contribution is -0.386. The molecule has 0 spiro atoms. The first kappa shape index (κ1) is 21.4. The normalized spacial score (nSPS) is 20.3. The zero-order chi connectivity index (χ0) is 22.5. The number of nitrogens with zero attached hydrogens (tertiary/aromatic N) is 1. The van der Waals surface area contributed by atoms with Gasteiger partial charge in [0.2, 0.25) is 5.75 Å². The average Bonchev–Trinajstić information content (AvgIpc) is 3.11. The third kappa shape index (κ3) is 3.60. The van der Waals surface area contributed by atoms with Crippen LogP contribution in [0.3, 0.4) is 0 Å². The van der Waals surface area contributed by atoms with E-state index in [0.29, 0.717) is 17.0 Å². The van der Waals surface area contributed by atoms with Crippen molar-refractivity contribution < 1.29 is 19.6 Å². The van der Waals surface area contributed by atoms with Gasteiger partial charge in [0.05, 0.1) is 17.6 Å². The van der Waals surface area contributed by atoms with Gasteiger partial charge in [0.15, 0.2) is 5.75 Å². The molecule has 0 unspecified atom stereocenters. The molecule has 1 aliphatic carbocycles. The van der Waals surface area contributed by atoms with Crippen LogP contribution in [-0.2, 0) is 12.8 Å². The SMILES string of the molecule is CCC(C)(C)[C@H]1CCc2c(sc3c2C(=O)N[C@H](c2cc(OC)c(O)c([N+](=O)[O-])c2)N3)C1. The lowest BCUT2D eigenvalue weighted by atomic mass is 9.69. The summed E-state index contributed by atoms with van der Waals surface area (Å²) in [4.78, 5) is 24.9. The number of benzene rings is 1. The van der Waals surface area contributed by atoms with E-state index >= 15 is 0 Å². The second-order valence-corrected chi connectivity index (χ2v) is 9.99. The van der Waals surface area contributed by atoms with Gasteiger partial charge in [-0.1, -0.05) is 27.2 Å². The fraction of sp³-hybridized carbons (Fsp3) is 0.500. The topological polar surface area (TPSA) is 114 Å². The molecular formula is C22H27N3O5S. The minimum Gasteiger partial charge on any atom is -0.500 e. The van der Waals surface area contributed by atoms with E-state index in [2.05, 4.69) is 31.4 Å². The molecule has 0 bridgehead atoms. The molecule has 8 nitrogen and oxygen atoms in total. The molecule has 2 heterocycles. The van der Waals surface area contributed by atoms with Crippen molar-refractivity contribution in [2.45, 2.75) is 52.6 Å². The monoisotopic (exact) mass is 445 g/mol. The minimum atomic E-state index is -0.670. The molecular weight excluding hydrogens is 418 g/mol. The van der Waals surface area contributed by atoms with Crippen LogP contribution in [0.1, 0.15) is 66.1 Å². The summed E-state index contributed by atoms with van der Waals surface area (Å²) in [7, 11) is 1.33. The van der Waals surface area contributed by atoms with Gasteiger partial charge in [-0.15, -0.1) is 11.3 Å².